The van der Waals surface area contributed by atoms with Crippen LogP contribution in [0.25, 0.3) is 0 Å². The van der Waals surface area contributed by atoms with Gasteiger partial charge in [-0.05, 0) is 82.0 Å². The Morgan fingerprint density at radius 1 is 0.759 bits per heavy atom. The molecule has 0 unspecified atom stereocenters. The highest BCUT2D eigenvalue weighted by atomic mass is 16.7. The number of carbonyl (C=O) groups is 1. The predicted octanol–water partition coefficient (Wildman–Crippen LogP) is 7.22. The van der Waals surface area contributed by atoms with E-state index in [0.717, 1.165) is 55.6 Å². The second-order valence-electron chi connectivity index (χ2n) is 10.8. The Kier molecular flexibility index (Phi) is 7.59. The highest BCUT2D eigenvalue weighted by Gasteiger charge is 2.55. The molecule has 0 radical (unpaired) electrons. The third kappa shape index (κ3) is 5.79. The van der Waals surface area contributed by atoms with Crippen LogP contribution in [0.15, 0.2) is 11.8 Å². The first-order valence-corrected chi connectivity index (χ1v) is 12.9. The minimum atomic E-state index is -0.165. The second-order valence-corrected chi connectivity index (χ2v) is 10.8. The molecule has 3 heteroatoms. The van der Waals surface area contributed by atoms with E-state index in [4.69, 9.17) is 4.84 Å². The van der Waals surface area contributed by atoms with Gasteiger partial charge in [-0.25, -0.2) is 10.3 Å². The van der Waals surface area contributed by atoms with Crippen molar-refractivity contribution in [1.82, 2.24) is 5.48 Å². The van der Waals surface area contributed by atoms with E-state index in [2.05, 4.69) is 11.6 Å². The maximum Gasteiger partial charge on any atom is 0.338 e. The van der Waals surface area contributed by atoms with Gasteiger partial charge in [-0.15, -0.1) is 0 Å². The van der Waals surface area contributed by atoms with Gasteiger partial charge in [0.15, 0.2) is 0 Å². The van der Waals surface area contributed by atoms with Gasteiger partial charge in [-0.1, -0.05) is 63.9 Å². The van der Waals surface area contributed by atoms with Gasteiger partial charge in [0.1, 0.15) is 0 Å². The van der Waals surface area contributed by atoms with Crippen LogP contribution in [-0.2, 0) is 9.63 Å². The first-order chi connectivity index (χ1) is 14.2. The number of carbonyl (C=O) groups excluding carboxylic acids is 1. The second kappa shape index (κ2) is 10.4. The highest BCUT2D eigenvalue weighted by molar-refractivity contribution is 5.77. The van der Waals surface area contributed by atoms with E-state index >= 15 is 0 Å². The van der Waals surface area contributed by atoms with Crippen molar-refractivity contribution in [2.45, 2.75) is 122 Å². The molecule has 5 aliphatic carbocycles. The molecule has 164 valence electrons. The van der Waals surface area contributed by atoms with E-state index in [1.807, 2.05) is 0 Å². The number of nitrogens with one attached hydrogen (secondary N) is 1. The summed E-state index contributed by atoms with van der Waals surface area (Å²) in [4.78, 5) is 18.9. The van der Waals surface area contributed by atoms with Crippen molar-refractivity contribution in [3.63, 3.8) is 0 Å². The first kappa shape index (κ1) is 21.2. The predicted molar refractivity (Wildman–Crippen MR) is 118 cm³/mol. The van der Waals surface area contributed by atoms with E-state index in [-0.39, 0.29) is 11.4 Å². The van der Waals surface area contributed by atoms with Gasteiger partial charge in [-0.3, -0.25) is 0 Å². The topological polar surface area (TPSA) is 38.3 Å². The molecule has 3 nitrogen and oxygen atoms in total. The van der Waals surface area contributed by atoms with Crippen molar-refractivity contribution in [3.8, 4) is 0 Å². The van der Waals surface area contributed by atoms with E-state index in [9.17, 15) is 4.79 Å². The zero-order chi connectivity index (χ0) is 19.9. The molecule has 0 aliphatic heterocycles. The average Bonchev–Trinajstić information content (AvgIpc) is 2.70. The van der Waals surface area contributed by atoms with Crippen LogP contribution in [0.2, 0.25) is 0 Å². The molecule has 5 rings (SSSR count). The molecule has 0 heterocycles. The fourth-order valence-electron chi connectivity index (χ4n) is 7.10. The van der Waals surface area contributed by atoms with Crippen molar-refractivity contribution in [2.75, 3.05) is 0 Å². The fraction of sp³-hybridized carbons (Fsp3) is 0.885. The van der Waals surface area contributed by atoms with Crippen LogP contribution in [-0.4, -0.2) is 5.97 Å². The van der Waals surface area contributed by atoms with Gasteiger partial charge in [0.25, 0.3) is 0 Å². The molecule has 0 amide bonds. The first-order valence-electron chi connectivity index (χ1n) is 12.9. The summed E-state index contributed by atoms with van der Waals surface area (Å²) < 4.78 is 0. The fourth-order valence-corrected chi connectivity index (χ4v) is 7.10. The van der Waals surface area contributed by atoms with E-state index in [1.54, 1.807) is 0 Å². The van der Waals surface area contributed by atoms with Gasteiger partial charge in [-0.2, -0.15) is 0 Å². The van der Waals surface area contributed by atoms with Crippen LogP contribution < -0.4 is 5.48 Å². The molecule has 4 saturated carbocycles. The summed E-state index contributed by atoms with van der Waals surface area (Å²) in [6.07, 6.45) is 26.6. The third-order valence-electron chi connectivity index (χ3n) is 8.29. The van der Waals surface area contributed by atoms with Crippen LogP contribution in [0.3, 0.4) is 0 Å². The number of hydroxylamine groups is 1. The summed E-state index contributed by atoms with van der Waals surface area (Å²) in [7, 11) is 0. The summed E-state index contributed by atoms with van der Waals surface area (Å²) in [5, 5.41) is 0. The molecule has 4 bridgehead atoms. The maximum atomic E-state index is 13.1. The minimum Gasteiger partial charge on any atom is -0.343 e. The molecule has 5 aliphatic rings. The molecule has 0 spiro atoms. The summed E-state index contributed by atoms with van der Waals surface area (Å²) in [6, 6.07) is 0. The Labute approximate surface area is 178 Å². The Bertz CT molecular complexity index is 532. The lowest BCUT2D eigenvalue weighted by molar-refractivity contribution is -0.177. The zero-order valence-corrected chi connectivity index (χ0v) is 18.6. The summed E-state index contributed by atoms with van der Waals surface area (Å²) >= 11 is 0. The number of hydrogen-bond acceptors (Lipinski definition) is 3. The SMILES string of the molecule is O=C(ON/C1=C/CCCCCCCCCCCCC1)C12CC3CC(CC(C3)C1)C2. The average molecular weight is 402 g/mol. The molecular weight excluding hydrogens is 358 g/mol. The maximum absolute atomic E-state index is 13.1. The number of allylic oxidation sites excluding steroid dienone is 2. The summed E-state index contributed by atoms with van der Waals surface area (Å²) in [5.74, 6) is 2.40. The molecule has 0 aromatic rings. The third-order valence-corrected chi connectivity index (χ3v) is 8.29. The molecular formula is C26H43NO2. The van der Waals surface area contributed by atoms with Crippen molar-refractivity contribution >= 4 is 5.97 Å². The van der Waals surface area contributed by atoms with Gasteiger partial charge in [0, 0.05) is 5.70 Å². The van der Waals surface area contributed by atoms with Crippen molar-refractivity contribution < 1.29 is 9.63 Å². The Morgan fingerprint density at radius 3 is 1.79 bits per heavy atom. The molecule has 0 aromatic carbocycles. The minimum absolute atomic E-state index is 0.0494. The molecule has 0 saturated heterocycles. The standard InChI is InChI=1S/C26H43NO2/c28-25(26-18-21-15-22(19-26)17-23(16-21)20-26)29-27-24-13-11-9-7-5-3-1-2-4-6-8-10-12-14-24/h13,21-23,27H,1-12,14-20H2/b24-13+. The van der Waals surface area contributed by atoms with Crippen LogP contribution in [0.1, 0.15) is 122 Å². The van der Waals surface area contributed by atoms with Gasteiger partial charge >= 0.3 is 5.97 Å². The molecule has 0 atom stereocenters. The molecule has 0 aromatic heterocycles. The quantitative estimate of drug-likeness (QED) is 0.507. The van der Waals surface area contributed by atoms with Gasteiger partial charge < -0.3 is 4.84 Å². The van der Waals surface area contributed by atoms with Gasteiger partial charge in [0.05, 0.1) is 5.41 Å². The molecule has 4 fully saturated rings. The Morgan fingerprint density at radius 2 is 1.24 bits per heavy atom. The van der Waals surface area contributed by atoms with Crippen LogP contribution >= 0.6 is 0 Å². The lowest BCUT2D eigenvalue weighted by atomic mass is 9.49. The number of rotatable bonds is 3. The summed E-state index contributed by atoms with van der Waals surface area (Å²) in [5.41, 5.74) is 4.14. The Hall–Kier alpha value is -0.990. The smallest absolute Gasteiger partial charge is 0.338 e. The Balaban J connectivity index is 1.28. The highest BCUT2D eigenvalue weighted by Crippen LogP contribution is 2.60. The monoisotopic (exact) mass is 401 g/mol. The summed E-state index contributed by atoms with van der Waals surface area (Å²) in [6.45, 7) is 0. The van der Waals surface area contributed by atoms with Crippen LogP contribution in [0.4, 0.5) is 0 Å². The van der Waals surface area contributed by atoms with Crippen molar-refractivity contribution in [2.24, 2.45) is 23.2 Å². The normalized spacial score (nSPS) is 38.3. The molecule has 29 heavy (non-hydrogen) atoms. The molecule has 1 N–H and O–H groups in total. The lowest BCUT2D eigenvalue weighted by Gasteiger charge is -2.54. The van der Waals surface area contributed by atoms with E-state index < -0.39 is 0 Å². The van der Waals surface area contributed by atoms with Crippen molar-refractivity contribution in [3.05, 3.63) is 11.8 Å². The number of hydrogen-bond donors (Lipinski definition) is 1. The zero-order valence-electron chi connectivity index (χ0n) is 18.6. The van der Waals surface area contributed by atoms with Crippen LogP contribution in [0.5, 0.6) is 0 Å². The van der Waals surface area contributed by atoms with E-state index in [1.165, 1.54) is 89.9 Å². The largest absolute Gasteiger partial charge is 0.343 e. The van der Waals surface area contributed by atoms with Gasteiger partial charge in [0.2, 0.25) is 0 Å². The van der Waals surface area contributed by atoms with Crippen molar-refractivity contribution in [1.29, 1.82) is 0 Å². The van der Waals surface area contributed by atoms with Crippen LogP contribution in [0, 0.1) is 23.2 Å². The lowest BCUT2D eigenvalue weighted by Crippen LogP contribution is -2.51. The van der Waals surface area contributed by atoms with E-state index in [0.29, 0.717) is 0 Å².